The van der Waals surface area contributed by atoms with Gasteiger partial charge in [-0.25, -0.2) is 8.42 Å². The number of nitrogens with zero attached hydrogens (tertiary/aromatic N) is 1. The summed E-state index contributed by atoms with van der Waals surface area (Å²) in [5.74, 6) is 0.111. The molecule has 20 heavy (non-hydrogen) atoms. The fourth-order valence-electron chi connectivity index (χ4n) is 2.21. The Morgan fingerprint density at radius 1 is 1.20 bits per heavy atom. The summed E-state index contributed by atoms with van der Waals surface area (Å²) in [7, 11) is -3.58. The molecule has 0 saturated carbocycles. The minimum absolute atomic E-state index is 0.111. The molecule has 1 aliphatic heterocycles. The summed E-state index contributed by atoms with van der Waals surface area (Å²) in [6.45, 7) is 0.795. The molecular formula is C12H14Cl2N2O2S2. The molecule has 1 aliphatic rings. The zero-order valence-electron chi connectivity index (χ0n) is 10.6. The Balaban J connectivity index is 2.21. The molecule has 0 atom stereocenters. The molecule has 2 N–H and O–H groups in total. The van der Waals surface area contributed by atoms with Crippen LogP contribution in [0.2, 0.25) is 10.0 Å². The van der Waals surface area contributed by atoms with Gasteiger partial charge in [-0.15, -0.1) is 0 Å². The van der Waals surface area contributed by atoms with Gasteiger partial charge in [-0.05, 0) is 31.0 Å². The van der Waals surface area contributed by atoms with E-state index < -0.39 is 10.0 Å². The van der Waals surface area contributed by atoms with Crippen LogP contribution in [0.3, 0.4) is 0 Å². The second-order valence-electron chi connectivity index (χ2n) is 4.69. The molecule has 8 heteroatoms. The Bertz CT molecular complexity index is 606. The molecule has 1 heterocycles. The van der Waals surface area contributed by atoms with Crippen molar-refractivity contribution in [3.8, 4) is 0 Å². The number of sulfonamides is 1. The lowest BCUT2D eigenvalue weighted by molar-refractivity contribution is 0.316. The van der Waals surface area contributed by atoms with Gasteiger partial charge in [-0.1, -0.05) is 35.4 Å². The fraction of sp³-hybridized carbons (Fsp3) is 0.417. The average molecular weight is 353 g/mol. The van der Waals surface area contributed by atoms with Crippen LogP contribution < -0.4 is 5.73 Å². The van der Waals surface area contributed by atoms with Crippen molar-refractivity contribution in [3.63, 3.8) is 0 Å². The minimum atomic E-state index is -3.58. The van der Waals surface area contributed by atoms with Crippen LogP contribution in [0.25, 0.3) is 0 Å². The highest BCUT2D eigenvalue weighted by Gasteiger charge is 2.30. The predicted molar refractivity (Wildman–Crippen MR) is 84.7 cm³/mol. The number of hydrogen-bond acceptors (Lipinski definition) is 3. The summed E-state index contributed by atoms with van der Waals surface area (Å²) in [6, 6.07) is 4.31. The Morgan fingerprint density at radius 2 is 1.70 bits per heavy atom. The maximum atomic E-state index is 12.5. The van der Waals surface area contributed by atoms with E-state index in [4.69, 9.17) is 41.2 Å². The second-order valence-corrected chi connectivity index (χ2v) is 7.97. The number of hydrogen-bond donors (Lipinski definition) is 1. The third-order valence-corrected chi connectivity index (χ3v) is 5.98. The van der Waals surface area contributed by atoms with Crippen LogP contribution >= 0.6 is 35.4 Å². The van der Waals surface area contributed by atoms with Crippen LogP contribution in [0.5, 0.6) is 0 Å². The van der Waals surface area contributed by atoms with E-state index in [2.05, 4.69) is 0 Å². The molecule has 4 nitrogen and oxygen atoms in total. The number of piperidine rings is 1. The zero-order chi connectivity index (χ0) is 14.9. The first-order chi connectivity index (χ1) is 9.30. The molecule has 1 aromatic rings. The standard InChI is InChI=1S/C12H14Cl2N2O2S2/c13-9-5-10(14)7-11(6-9)20(17,18)16-3-1-8(2-4-16)12(15)19/h5-8H,1-4H2,(H2,15,19). The fourth-order valence-corrected chi connectivity index (χ4v) is 4.64. The van der Waals surface area contributed by atoms with E-state index in [0.717, 1.165) is 0 Å². The van der Waals surface area contributed by atoms with Gasteiger partial charge in [0.25, 0.3) is 0 Å². The highest BCUT2D eigenvalue weighted by Crippen LogP contribution is 2.27. The highest BCUT2D eigenvalue weighted by molar-refractivity contribution is 7.89. The van der Waals surface area contributed by atoms with Crippen molar-refractivity contribution in [1.82, 2.24) is 4.31 Å². The smallest absolute Gasteiger partial charge is 0.243 e. The number of rotatable bonds is 3. The lowest BCUT2D eigenvalue weighted by Gasteiger charge is -2.30. The van der Waals surface area contributed by atoms with E-state index >= 15 is 0 Å². The van der Waals surface area contributed by atoms with Crippen molar-refractivity contribution in [1.29, 1.82) is 0 Å². The molecule has 110 valence electrons. The van der Waals surface area contributed by atoms with Crippen LogP contribution in [-0.2, 0) is 10.0 Å². The summed E-state index contributed by atoms with van der Waals surface area (Å²) in [5.41, 5.74) is 5.60. The maximum absolute atomic E-state index is 12.5. The Hall–Kier alpha value is -0.400. The summed E-state index contributed by atoms with van der Waals surface area (Å²) in [6.07, 6.45) is 1.28. The van der Waals surface area contributed by atoms with Gasteiger partial charge >= 0.3 is 0 Å². The molecule has 0 bridgehead atoms. The number of thiocarbonyl (C=S) groups is 1. The average Bonchev–Trinajstić information content (AvgIpc) is 2.37. The minimum Gasteiger partial charge on any atom is -0.393 e. The first kappa shape index (κ1) is 16.0. The van der Waals surface area contributed by atoms with Gasteiger partial charge in [0.1, 0.15) is 0 Å². The molecule has 2 rings (SSSR count). The van der Waals surface area contributed by atoms with E-state index in [-0.39, 0.29) is 10.8 Å². The monoisotopic (exact) mass is 352 g/mol. The Labute approximate surface area is 133 Å². The molecule has 1 aromatic carbocycles. The lowest BCUT2D eigenvalue weighted by Crippen LogP contribution is -2.41. The summed E-state index contributed by atoms with van der Waals surface area (Å²) < 4.78 is 26.4. The molecule has 0 unspecified atom stereocenters. The SMILES string of the molecule is NC(=S)C1CCN(S(=O)(=O)c2cc(Cl)cc(Cl)c2)CC1. The van der Waals surface area contributed by atoms with Gasteiger partial charge < -0.3 is 5.73 Å². The highest BCUT2D eigenvalue weighted by atomic mass is 35.5. The van der Waals surface area contributed by atoms with Crippen molar-refractivity contribution in [2.45, 2.75) is 17.7 Å². The van der Waals surface area contributed by atoms with Crippen LogP contribution in [0, 0.1) is 5.92 Å². The maximum Gasteiger partial charge on any atom is 0.243 e. The zero-order valence-corrected chi connectivity index (χ0v) is 13.7. The van der Waals surface area contributed by atoms with Crippen LogP contribution in [0.1, 0.15) is 12.8 Å². The summed E-state index contributed by atoms with van der Waals surface area (Å²) >= 11 is 16.7. The van der Waals surface area contributed by atoms with E-state index in [9.17, 15) is 8.42 Å². The molecule has 0 amide bonds. The number of benzene rings is 1. The van der Waals surface area contributed by atoms with Crippen molar-refractivity contribution in [2.24, 2.45) is 11.7 Å². The van der Waals surface area contributed by atoms with Gasteiger partial charge in [-0.3, -0.25) is 0 Å². The summed E-state index contributed by atoms with van der Waals surface area (Å²) in [5, 5.41) is 0.600. The predicted octanol–water partition coefficient (Wildman–Crippen LogP) is 2.68. The molecule has 0 aliphatic carbocycles. The van der Waals surface area contributed by atoms with Crippen molar-refractivity contribution >= 4 is 50.4 Å². The van der Waals surface area contributed by atoms with Crippen molar-refractivity contribution < 1.29 is 8.42 Å². The van der Waals surface area contributed by atoms with E-state index in [1.54, 1.807) is 0 Å². The van der Waals surface area contributed by atoms with Crippen molar-refractivity contribution in [3.05, 3.63) is 28.2 Å². The Kier molecular flexibility index (Phi) is 4.92. The number of halogens is 2. The molecule has 1 fully saturated rings. The normalized spacial score (nSPS) is 18.1. The summed E-state index contributed by atoms with van der Waals surface area (Å²) in [4.78, 5) is 0.566. The first-order valence-corrected chi connectivity index (χ1v) is 8.66. The van der Waals surface area contributed by atoms with E-state index in [1.165, 1.54) is 22.5 Å². The first-order valence-electron chi connectivity index (χ1n) is 6.06. The lowest BCUT2D eigenvalue weighted by atomic mass is 9.98. The van der Waals surface area contributed by atoms with Crippen LogP contribution in [0.4, 0.5) is 0 Å². The van der Waals surface area contributed by atoms with Gasteiger partial charge in [0, 0.05) is 29.1 Å². The quantitative estimate of drug-likeness (QED) is 0.849. The second kappa shape index (κ2) is 6.15. The molecular weight excluding hydrogens is 339 g/mol. The van der Waals surface area contributed by atoms with Gasteiger partial charge in [0.15, 0.2) is 0 Å². The topological polar surface area (TPSA) is 63.4 Å². The molecule has 0 radical (unpaired) electrons. The third-order valence-electron chi connectivity index (χ3n) is 3.33. The van der Waals surface area contributed by atoms with Crippen LogP contribution in [-0.4, -0.2) is 30.8 Å². The van der Waals surface area contributed by atoms with E-state index in [1.807, 2.05) is 0 Å². The number of nitrogens with two attached hydrogens (primary N) is 1. The van der Waals surface area contributed by atoms with Gasteiger partial charge in [-0.2, -0.15) is 4.31 Å². The third kappa shape index (κ3) is 3.43. The molecule has 0 spiro atoms. The van der Waals surface area contributed by atoms with Gasteiger partial charge in [0.2, 0.25) is 10.0 Å². The molecule has 1 saturated heterocycles. The Morgan fingerprint density at radius 3 is 2.15 bits per heavy atom. The van der Waals surface area contributed by atoms with Gasteiger partial charge in [0.05, 0.1) is 9.88 Å². The molecule has 0 aromatic heterocycles. The van der Waals surface area contributed by atoms with Crippen LogP contribution in [0.15, 0.2) is 23.1 Å². The van der Waals surface area contributed by atoms with E-state index in [0.29, 0.717) is 41.0 Å². The largest absolute Gasteiger partial charge is 0.393 e. The van der Waals surface area contributed by atoms with Crippen molar-refractivity contribution in [2.75, 3.05) is 13.1 Å².